The number of hydrazone groups is 1. The SMILES string of the molecule is Cc1ccc(SCC2=NN(c3ccccc3)C(=O)/C2=C\c2cn(-c3ccccc3)nc2-c2ccc(OCc3ccccc3F)cc2)cc1. The second kappa shape index (κ2) is 13.9. The topological polar surface area (TPSA) is 59.7 Å². The Morgan fingerprint density at radius 2 is 1.46 bits per heavy atom. The summed E-state index contributed by atoms with van der Waals surface area (Å²) >= 11 is 1.64. The quantitative estimate of drug-likeness (QED) is 0.110. The largest absolute Gasteiger partial charge is 0.489 e. The van der Waals surface area contributed by atoms with Crippen LogP contribution in [0.3, 0.4) is 0 Å². The van der Waals surface area contributed by atoms with Crippen molar-refractivity contribution in [3.63, 3.8) is 0 Å². The monoisotopic (exact) mass is 650 g/mol. The van der Waals surface area contributed by atoms with E-state index in [1.54, 1.807) is 30.0 Å². The van der Waals surface area contributed by atoms with Gasteiger partial charge >= 0.3 is 0 Å². The summed E-state index contributed by atoms with van der Waals surface area (Å²) in [6.07, 6.45) is 3.83. The first-order chi connectivity index (χ1) is 23.5. The molecular formula is C40H31FN4O2S. The van der Waals surface area contributed by atoms with Gasteiger partial charge in [-0.05, 0) is 79.7 Å². The molecule has 0 fully saturated rings. The fraction of sp³-hybridized carbons (Fsp3) is 0.0750. The molecule has 236 valence electrons. The minimum atomic E-state index is -0.300. The van der Waals surface area contributed by atoms with Crippen molar-refractivity contribution in [3.05, 3.63) is 168 Å². The summed E-state index contributed by atoms with van der Waals surface area (Å²) in [5, 5.41) is 11.3. The van der Waals surface area contributed by atoms with E-state index >= 15 is 0 Å². The van der Waals surface area contributed by atoms with Crippen molar-refractivity contribution in [1.82, 2.24) is 9.78 Å². The van der Waals surface area contributed by atoms with Gasteiger partial charge in [-0.15, -0.1) is 11.8 Å². The molecule has 2 heterocycles. The molecule has 1 aliphatic heterocycles. The second-order valence-electron chi connectivity index (χ2n) is 11.3. The van der Waals surface area contributed by atoms with Crippen molar-refractivity contribution < 1.29 is 13.9 Å². The van der Waals surface area contributed by atoms with Crippen LogP contribution in [0.5, 0.6) is 5.75 Å². The van der Waals surface area contributed by atoms with Gasteiger partial charge in [0.2, 0.25) is 0 Å². The maximum Gasteiger partial charge on any atom is 0.280 e. The Morgan fingerprint density at radius 3 is 2.17 bits per heavy atom. The lowest BCUT2D eigenvalue weighted by Crippen LogP contribution is -2.21. The number of thioether (sulfide) groups is 1. The lowest BCUT2D eigenvalue weighted by molar-refractivity contribution is -0.114. The van der Waals surface area contributed by atoms with Crippen LogP contribution in [-0.4, -0.2) is 27.2 Å². The molecule has 0 atom stereocenters. The predicted molar refractivity (Wildman–Crippen MR) is 191 cm³/mol. The van der Waals surface area contributed by atoms with Crippen LogP contribution in [0.2, 0.25) is 0 Å². The van der Waals surface area contributed by atoms with Crippen molar-refractivity contribution in [2.24, 2.45) is 5.10 Å². The van der Waals surface area contributed by atoms with Crippen molar-refractivity contribution in [2.75, 3.05) is 10.8 Å². The first-order valence-corrected chi connectivity index (χ1v) is 16.5. The first kappa shape index (κ1) is 30.9. The zero-order valence-electron chi connectivity index (χ0n) is 26.2. The number of hydrogen-bond donors (Lipinski definition) is 0. The lowest BCUT2D eigenvalue weighted by Gasteiger charge is -2.11. The van der Waals surface area contributed by atoms with Crippen LogP contribution < -0.4 is 9.75 Å². The third-order valence-electron chi connectivity index (χ3n) is 7.89. The number of aromatic nitrogens is 2. The van der Waals surface area contributed by atoms with Gasteiger partial charge in [-0.2, -0.15) is 15.2 Å². The number of hydrogen-bond acceptors (Lipinski definition) is 5. The van der Waals surface area contributed by atoms with Crippen LogP contribution in [0.15, 0.2) is 155 Å². The van der Waals surface area contributed by atoms with Crippen LogP contribution in [-0.2, 0) is 11.4 Å². The van der Waals surface area contributed by atoms with Gasteiger partial charge in [0.25, 0.3) is 5.91 Å². The number of carbonyl (C=O) groups excluding carboxylic acids is 1. The van der Waals surface area contributed by atoms with Gasteiger partial charge in [0.05, 0.1) is 28.4 Å². The summed E-state index contributed by atoms with van der Waals surface area (Å²) in [6.45, 7) is 2.18. The summed E-state index contributed by atoms with van der Waals surface area (Å²) in [5.74, 6) is 0.623. The standard InChI is InChI=1S/C40H31FN4O2S/c1-28-16-22-35(23-17-28)48-27-38-36(40(46)45(42-38)33-13-6-3-7-14-33)24-31-25-44(32-11-4-2-5-12-32)43-39(31)29-18-20-34(21-19-29)47-26-30-10-8-9-15-37(30)41/h2-25H,26-27H2,1H3/b36-24-. The molecule has 1 amide bonds. The molecule has 6 nitrogen and oxygen atoms in total. The number of rotatable bonds is 10. The first-order valence-electron chi connectivity index (χ1n) is 15.5. The molecular weight excluding hydrogens is 620 g/mol. The maximum atomic E-state index is 14.1. The molecule has 48 heavy (non-hydrogen) atoms. The Balaban J connectivity index is 1.24. The van der Waals surface area contributed by atoms with Crippen molar-refractivity contribution >= 4 is 35.1 Å². The number of nitrogens with zero attached hydrogens (tertiary/aromatic N) is 4. The van der Waals surface area contributed by atoms with Gasteiger partial charge in [0, 0.05) is 33.5 Å². The van der Waals surface area contributed by atoms with Gasteiger partial charge in [0.15, 0.2) is 0 Å². The molecule has 0 radical (unpaired) electrons. The van der Waals surface area contributed by atoms with Gasteiger partial charge in [-0.25, -0.2) is 9.07 Å². The van der Waals surface area contributed by atoms with Crippen LogP contribution in [0, 0.1) is 12.7 Å². The van der Waals surface area contributed by atoms with Gasteiger partial charge in [-0.3, -0.25) is 4.79 Å². The number of ether oxygens (including phenoxy) is 1. The average molecular weight is 651 g/mol. The van der Waals surface area contributed by atoms with Gasteiger partial charge in [-0.1, -0.05) is 72.3 Å². The van der Waals surface area contributed by atoms with Crippen LogP contribution in [0.25, 0.3) is 23.0 Å². The molecule has 0 saturated heterocycles. The van der Waals surface area contributed by atoms with E-state index in [0.29, 0.717) is 39.7 Å². The molecule has 0 spiro atoms. The molecule has 7 rings (SSSR count). The van der Waals surface area contributed by atoms with Gasteiger partial charge in [0.1, 0.15) is 18.2 Å². The predicted octanol–water partition coefficient (Wildman–Crippen LogP) is 9.14. The Morgan fingerprint density at radius 1 is 0.792 bits per heavy atom. The highest BCUT2D eigenvalue weighted by Gasteiger charge is 2.31. The Hall–Kier alpha value is -5.73. The van der Waals surface area contributed by atoms with Crippen LogP contribution in [0.4, 0.5) is 10.1 Å². The Bertz CT molecular complexity index is 2110. The summed E-state index contributed by atoms with van der Waals surface area (Å²) in [7, 11) is 0. The summed E-state index contributed by atoms with van der Waals surface area (Å²) in [5.41, 5.74) is 6.77. The minimum Gasteiger partial charge on any atom is -0.489 e. The van der Waals surface area contributed by atoms with E-state index in [-0.39, 0.29) is 18.3 Å². The number of halogens is 1. The highest BCUT2D eigenvalue weighted by atomic mass is 32.2. The molecule has 0 N–H and O–H groups in total. The maximum absolute atomic E-state index is 14.1. The number of carbonyl (C=O) groups is 1. The van der Waals surface area contributed by atoms with Crippen molar-refractivity contribution in [3.8, 4) is 22.7 Å². The summed E-state index contributed by atoms with van der Waals surface area (Å²) < 4.78 is 21.8. The van der Waals surface area contributed by atoms with E-state index < -0.39 is 0 Å². The number of aryl methyl sites for hydroxylation is 1. The molecule has 0 unspecified atom stereocenters. The Labute approximate surface area is 282 Å². The molecule has 0 aliphatic carbocycles. The molecule has 8 heteroatoms. The fourth-order valence-electron chi connectivity index (χ4n) is 5.31. The molecule has 1 aliphatic rings. The lowest BCUT2D eigenvalue weighted by atomic mass is 10.0. The summed E-state index contributed by atoms with van der Waals surface area (Å²) in [4.78, 5) is 15.1. The van der Waals surface area contributed by atoms with E-state index in [1.165, 1.54) is 16.6 Å². The van der Waals surface area contributed by atoms with Crippen molar-refractivity contribution in [1.29, 1.82) is 0 Å². The van der Waals surface area contributed by atoms with E-state index in [0.717, 1.165) is 21.7 Å². The van der Waals surface area contributed by atoms with E-state index in [2.05, 4.69) is 31.2 Å². The average Bonchev–Trinajstić information content (AvgIpc) is 3.69. The molecule has 0 saturated carbocycles. The normalized spacial score (nSPS) is 13.6. The number of anilines is 1. The van der Waals surface area contributed by atoms with Crippen LogP contribution in [0.1, 0.15) is 16.7 Å². The third kappa shape index (κ3) is 6.84. The van der Waals surface area contributed by atoms with E-state index in [9.17, 15) is 9.18 Å². The van der Waals surface area contributed by atoms with Gasteiger partial charge < -0.3 is 4.74 Å². The zero-order chi connectivity index (χ0) is 32.9. The van der Waals surface area contributed by atoms with Crippen molar-refractivity contribution in [2.45, 2.75) is 18.4 Å². The Kier molecular flexibility index (Phi) is 8.98. The molecule has 0 bridgehead atoms. The molecule has 6 aromatic rings. The minimum absolute atomic E-state index is 0.120. The highest BCUT2D eigenvalue weighted by Crippen LogP contribution is 2.32. The third-order valence-corrected chi connectivity index (χ3v) is 8.92. The van der Waals surface area contributed by atoms with E-state index in [1.807, 2.05) is 102 Å². The zero-order valence-corrected chi connectivity index (χ0v) is 27.0. The number of para-hydroxylation sites is 2. The number of amides is 1. The number of benzene rings is 5. The fourth-order valence-corrected chi connectivity index (χ4v) is 6.16. The highest BCUT2D eigenvalue weighted by molar-refractivity contribution is 8.00. The second-order valence-corrected chi connectivity index (χ2v) is 12.3. The van der Waals surface area contributed by atoms with E-state index in [4.69, 9.17) is 14.9 Å². The summed E-state index contributed by atoms with van der Waals surface area (Å²) in [6, 6.07) is 41.7. The molecule has 5 aromatic carbocycles. The van der Waals surface area contributed by atoms with Crippen LogP contribution >= 0.6 is 11.8 Å². The molecule has 1 aromatic heterocycles. The smallest absolute Gasteiger partial charge is 0.280 e.